The van der Waals surface area contributed by atoms with Crippen molar-refractivity contribution in [2.75, 3.05) is 5.75 Å². The lowest BCUT2D eigenvalue weighted by Gasteiger charge is -2.27. The number of carbonyl (C=O) groups is 1. The SMILES string of the molecule is CCn1c(SCC(=O)N/N=C/c2cc(C(C)(C)C)c(O)c(C(C)(C)C)c2)nc2ccccc21. The molecule has 0 fully saturated rings. The van der Waals surface area contributed by atoms with Gasteiger partial charge in [-0.05, 0) is 47.6 Å². The average molecular weight is 467 g/mol. The van der Waals surface area contributed by atoms with Crippen LogP contribution in [-0.4, -0.2) is 32.5 Å². The van der Waals surface area contributed by atoms with E-state index < -0.39 is 0 Å². The van der Waals surface area contributed by atoms with E-state index >= 15 is 0 Å². The van der Waals surface area contributed by atoms with Crippen molar-refractivity contribution in [2.24, 2.45) is 5.10 Å². The molecule has 0 saturated carbocycles. The summed E-state index contributed by atoms with van der Waals surface area (Å²) in [6.07, 6.45) is 1.63. The number of imidazole rings is 1. The lowest BCUT2D eigenvalue weighted by molar-refractivity contribution is -0.118. The van der Waals surface area contributed by atoms with Crippen molar-refractivity contribution in [3.63, 3.8) is 0 Å². The molecular formula is C26H34N4O2S. The lowest BCUT2D eigenvalue weighted by Crippen LogP contribution is -2.20. The van der Waals surface area contributed by atoms with E-state index in [1.807, 2.05) is 36.4 Å². The Bertz CT molecular complexity index is 1150. The first-order chi connectivity index (χ1) is 15.4. The predicted molar refractivity (Wildman–Crippen MR) is 137 cm³/mol. The van der Waals surface area contributed by atoms with Crippen molar-refractivity contribution >= 4 is 34.9 Å². The molecule has 0 radical (unpaired) electrons. The van der Waals surface area contributed by atoms with Crippen molar-refractivity contribution in [1.82, 2.24) is 15.0 Å². The molecule has 3 rings (SSSR count). The summed E-state index contributed by atoms with van der Waals surface area (Å²) in [6.45, 7) is 15.3. The minimum Gasteiger partial charge on any atom is -0.507 e. The van der Waals surface area contributed by atoms with Gasteiger partial charge in [0.25, 0.3) is 5.91 Å². The van der Waals surface area contributed by atoms with Gasteiger partial charge in [-0.2, -0.15) is 5.10 Å². The molecule has 0 atom stereocenters. The zero-order valence-corrected chi connectivity index (χ0v) is 21.4. The highest BCUT2D eigenvalue weighted by atomic mass is 32.2. The number of aromatic hydroxyl groups is 1. The molecule has 0 unspecified atom stereocenters. The second-order valence-corrected chi connectivity index (χ2v) is 11.1. The molecule has 0 aliphatic carbocycles. The number of fused-ring (bicyclic) bond motifs is 1. The van der Waals surface area contributed by atoms with Crippen LogP contribution in [-0.2, 0) is 22.2 Å². The van der Waals surface area contributed by atoms with Crippen LogP contribution in [0.2, 0.25) is 0 Å². The van der Waals surface area contributed by atoms with Crippen LogP contribution in [0.3, 0.4) is 0 Å². The monoisotopic (exact) mass is 466 g/mol. The minimum atomic E-state index is -0.224. The number of carbonyl (C=O) groups excluding carboxylic acids is 1. The molecule has 0 spiro atoms. The van der Waals surface area contributed by atoms with Gasteiger partial charge in [-0.15, -0.1) is 0 Å². The number of rotatable bonds is 6. The predicted octanol–water partition coefficient (Wildman–Crippen LogP) is 5.60. The number of thioether (sulfide) groups is 1. The molecule has 33 heavy (non-hydrogen) atoms. The minimum absolute atomic E-state index is 0.197. The third kappa shape index (κ3) is 5.77. The standard InChI is InChI=1S/C26H34N4O2S/c1-8-30-21-12-10-9-11-20(21)28-24(30)33-16-22(31)29-27-15-17-13-18(25(2,3)4)23(32)19(14-17)26(5,6)7/h9-15,32H,8,16H2,1-7H3,(H,29,31)/b27-15+. The second-order valence-electron chi connectivity index (χ2n) is 10.2. The van der Waals surface area contributed by atoms with E-state index in [1.54, 1.807) is 6.21 Å². The van der Waals surface area contributed by atoms with Crippen LogP contribution in [0.25, 0.3) is 11.0 Å². The lowest BCUT2D eigenvalue weighted by atomic mass is 9.78. The third-order valence-electron chi connectivity index (χ3n) is 5.42. The quantitative estimate of drug-likeness (QED) is 0.282. The number of nitrogens with zero attached hydrogens (tertiary/aromatic N) is 3. The molecule has 0 saturated heterocycles. The Kier molecular flexibility index (Phi) is 7.22. The Hall–Kier alpha value is -2.80. The van der Waals surface area contributed by atoms with E-state index in [1.165, 1.54) is 11.8 Å². The Morgan fingerprint density at radius 2 is 1.73 bits per heavy atom. The largest absolute Gasteiger partial charge is 0.507 e. The fourth-order valence-corrected chi connectivity index (χ4v) is 4.56. The second kappa shape index (κ2) is 9.59. The van der Waals surface area contributed by atoms with Crippen molar-refractivity contribution in [1.29, 1.82) is 0 Å². The summed E-state index contributed by atoms with van der Waals surface area (Å²) in [6, 6.07) is 11.8. The maximum Gasteiger partial charge on any atom is 0.250 e. The smallest absolute Gasteiger partial charge is 0.250 e. The Labute approximate surface area is 200 Å². The molecule has 2 aromatic carbocycles. The third-order valence-corrected chi connectivity index (χ3v) is 6.40. The highest BCUT2D eigenvalue weighted by Crippen LogP contribution is 2.39. The number of hydrazone groups is 1. The first-order valence-electron chi connectivity index (χ1n) is 11.2. The van der Waals surface area contributed by atoms with Crippen molar-refractivity contribution in [3.05, 3.63) is 53.1 Å². The number of hydrogen-bond donors (Lipinski definition) is 2. The van der Waals surface area contributed by atoms with Crippen LogP contribution in [0.15, 0.2) is 46.7 Å². The molecule has 2 N–H and O–H groups in total. The molecule has 3 aromatic rings. The Morgan fingerprint density at radius 3 is 2.30 bits per heavy atom. The van der Waals surface area contributed by atoms with Gasteiger partial charge in [0.15, 0.2) is 5.16 Å². The number of aryl methyl sites for hydroxylation is 1. The summed E-state index contributed by atoms with van der Waals surface area (Å²) in [5.74, 6) is 0.347. The Balaban J connectivity index is 1.72. The molecule has 0 aliphatic rings. The number of aromatic nitrogens is 2. The molecule has 6 nitrogen and oxygen atoms in total. The fraction of sp³-hybridized carbons (Fsp3) is 0.423. The Morgan fingerprint density at radius 1 is 1.12 bits per heavy atom. The number of hydrogen-bond acceptors (Lipinski definition) is 5. The fourth-order valence-electron chi connectivity index (χ4n) is 3.69. The zero-order chi connectivity index (χ0) is 24.4. The maximum absolute atomic E-state index is 12.4. The van der Waals surface area contributed by atoms with Gasteiger partial charge in [-0.25, -0.2) is 10.4 Å². The van der Waals surface area contributed by atoms with Crippen molar-refractivity contribution < 1.29 is 9.90 Å². The molecule has 176 valence electrons. The summed E-state index contributed by atoms with van der Waals surface area (Å²) in [7, 11) is 0. The summed E-state index contributed by atoms with van der Waals surface area (Å²) in [4.78, 5) is 17.0. The van der Waals surface area contributed by atoms with Gasteiger partial charge in [0, 0.05) is 17.7 Å². The van der Waals surface area contributed by atoms with E-state index in [4.69, 9.17) is 0 Å². The van der Waals surface area contributed by atoms with Gasteiger partial charge in [0.1, 0.15) is 5.75 Å². The van der Waals surface area contributed by atoms with E-state index in [0.717, 1.165) is 39.4 Å². The highest BCUT2D eigenvalue weighted by Gasteiger charge is 2.26. The van der Waals surface area contributed by atoms with Gasteiger partial charge >= 0.3 is 0 Å². The van der Waals surface area contributed by atoms with Crippen LogP contribution in [0, 0.1) is 0 Å². The van der Waals surface area contributed by atoms with Gasteiger partial charge in [0.05, 0.1) is 23.0 Å². The van der Waals surface area contributed by atoms with Crippen LogP contribution in [0.5, 0.6) is 5.75 Å². The average Bonchev–Trinajstić information content (AvgIpc) is 3.09. The number of phenols is 1. The number of para-hydroxylation sites is 2. The first kappa shape index (κ1) is 24.8. The van der Waals surface area contributed by atoms with Gasteiger partial charge in [0.2, 0.25) is 0 Å². The number of amides is 1. The number of phenolic OH excluding ortho intramolecular Hbond substituents is 1. The molecule has 7 heteroatoms. The van der Waals surface area contributed by atoms with Crippen LogP contribution >= 0.6 is 11.8 Å². The highest BCUT2D eigenvalue weighted by molar-refractivity contribution is 7.99. The molecular weight excluding hydrogens is 432 g/mol. The number of nitrogens with one attached hydrogen (secondary N) is 1. The zero-order valence-electron chi connectivity index (χ0n) is 20.6. The maximum atomic E-state index is 12.4. The van der Waals surface area contributed by atoms with Gasteiger partial charge < -0.3 is 9.67 Å². The topological polar surface area (TPSA) is 79.5 Å². The van der Waals surface area contributed by atoms with Crippen LogP contribution in [0.1, 0.15) is 65.2 Å². The summed E-state index contributed by atoms with van der Waals surface area (Å²) in [5.41, 5.74) is 6.71. The van der Waals surface area contributed by atoms with Gasteiger partial charge in [-0.1, -0.05) is 65.4 Å². The summed E-state index contributed by atoms with van der Waals surface area (Å²) < 4.78 is 2.11. The number of benzene rings is 2. The normalized spacial score (nSPS) is 12.6. The van der Waals surface area contributed by atoms with Crippen LogP contribution in [0.4, 0.5) is 0 Å². The molecule has 1 amide bonds. The molecule has 1 heterocycles. The van der Waals surface area contributed by atoms with E-state index in [2.05, 4.69) is 68.5 Å². The first-order valence-corrected chi connectivity index (χ1v) is 12.2. The van der Waals surface area contributed by atoms with E-state index in [-0.39, 0.29) is 22.5 Å². The van der Waals surface area contributed by atoms with Crippen LogP contribution < -0.4 is 5.43 Å². The summed E-state index contributed by atoms with van der Waals surface area (Å²) >= 11 is 1.40. The molecule has 1 aromatic heterocycles. The molecule has 0 bridgehead atoms. The summed E-state index contributed by atoms with van der Waals surface area (Å²) in [5, 5.41) is 15.8. The van der Waals surface area contributed by atoms with E-state index in [0.29, 0.717) is 5.75 Å². The van der Waals surface area contributed by atoms with Gasteiger partial charge in [-0.3, -0.25) is 4.79 Å². The van der Waals surface area contributed by atoms with Crippen molar-refractivity contribution in [2.45, 2.75) is 71.0 Å². The van der Waals surface area contributed by atoms with E-state index in [9.17, 15) is 9.90 Å². The van der Waals surface area contributed by atoms with Crippen molar-refractivity contribution in [3.8, 4) is 5.75 Å². The molecule has 0 aliphatic heterocycles.